The SMILES string of the molecule is CCOC(=O)C1(C[C@@H](OCc2ccccc2)[C@@H](OCc2ccccc2)[C@H](O)[C@@H](CO)OCc2ccccc2)SCCCS1=O. The molecule has 0 spiro atoms. The summed E-state index contributed by atoms with van der Waals surface area (Å²) in [7, 11) is -1.56. The molecule has 2 unspecified atom stereocenters. The van der Waals surface area contributed by atoms with Crippen LogP contribution < -0.4 is 0 Å². The standard InChI is InChI=1S/C34H42O8S2/c1-2-39-33(37)34(43-19-12-20-44(34)38)21-29(40-23-26-13-6-3-7-14-26)32(42-25-28-17-10-5-11-18-28)31(36)30(22-35)41-24-27-15-8-4-9-16-27/h3-11,13-18,29-32,35-36H,2,12,19-25H2,1H3/t29-,30-,31-,32-,34?,44?/m1/s1. The summed E-state index contributed by atoms with van der Waals surface area (Å²) >= 11 is 1.31. The lowest BCUT2D eigenvalue weighted by Gasteiger charge is -2.40. The van der Waals surface area contributed by atoms with E-state index in [0.717, 1.165) is 16.7 Å². The van der Waals surface area contributed by atoms with E-state index in [-0.39, 0.29) is 32.8 Å². The molecule has 1 saturated heterocycles. The van der Waals surface area contributed by atoms with Crippen LogP contribution in [0.5, 0.6) is 0 Å². The second-order valence-electron chi connectivity index (χ2n) is 10.5. The van der Waals surface area contributed by atoms with Gasteiger partial charge in [0.05, 0.1) is 39.1 Å². The summed E-state index contributed by atoms with van der Waals surface area (Å²) in [6.45, 7) is 1.84. The summed E-state index contributed by atoms with van der Waals surface area (Å²) in [6.07, 6.45) is -3.66. The van der Waals surface area contributed by atoms with Crippen molar-refractivity contribution in [2.45, 2.75) is 68.1 Å². The van der Waals surface area contributed by atoms with Crippen molar-refractivity contribution in [1.82, 2.24) is 0 Å². The lowest BCUT2D eigenvalue weighted by Crippen LogP contribution is -2.54. The Kier molecular flexibility index (Phi) is 13.9. The summed E-state index contributed by atoms with van der Waals surface area (Å²) < 4.78 is 36.6. The molecule has 10 heteroatoms. The van der Waals surface area contributed by atoms with Crippen molar-refractivity contribution in [1.29, 1.82) is 0 Å². The van der Waals surface area contributed by atoms with Crippen LogP contribution in [0.3, 0.4) is 0 Å². The molecular weight excluding hydrogens is 601 g/mol. The number of aliphatic hydroxyl groups excluding tert-OH is 2. The Hall–Kier alpha value is -2.57. The molecule has 3 aromatic rings. The van der Waals surface area contributed by atoms with E-state index in [2.05, 4.69) is 0 Å². The monoisotopic (exact) mass is 642 g/mol. The average Bonchev–Trinajstić information content (AvgIpc) is 3.06. The van der Waals surface area contributed by atoms with E-state index < -0.39 is 51.9 Å². The Morgan fingerprint density at radius 2 is 1.34 bits per heavy atom. The highest BCUT2D eigenvalue weighted by Gasteiger charge is 2.52. The van der Waals surface area contributed by atoms with Gasteiger partial charge in [-0.15, -0.1) is 11.8 Å². The fraction of sp³-hybridized carbons (Fsp3) is 0.441. The summed E-state index contributed by atoms with van der Waals surface area (Å²) in [6, 6.07) is 28.5. The van der Waals surface area contributed by atoms with Crippen LogP contribution in [-0.2, 0) is 54.4 Å². The van der Waals surface area contributed by atoms with E-state index >= 15 is 0 Å². The van der Waals surface area contributed by atoms with Gasteiger partial charge in [0.2, 0.25) is 0 Å². The van der Waals surface area contributed by atoms with Crippen molar-refractivity contribution < 1.29 is 38.2 Å². The molecule has 0 radical (unpaired) electrons. The lowest BCUT2D eigenvalue weighted by molar-refractivity contribution is -0.178. The van der Waals surface area contributed by atoms with Gasteiger partial charge in [-0.25, -0.2) is 4.79 Å². The Morgan fingerprint density at radius 1 is 0.841 bits per heavy atom. The number of aliphatic hydroxyl groups is 2. The molecule has 0 bridgehead atoms. The third-order valence-corrected chi connectivity index (χ3v) is 11.3. The largest absolute Gasteiger partial charge is 0.464 e. The van der Waals surface area contributed by atoms with Gasteiger partial charge in [-0.1, -0.05) is 91.0 Å². The minimum absolute atomic E-state index is 0.0245. The molecule has 44 heavy (non-hydrogen) atoms. The number of ether oxygens (including phenoxy) is 4. The van der Waals surface area contributed by atoms with E-state index in [0.29, 0.717) is 17.9 Å². The fourth-order valence-corrected chi connectivity index (χ4v) is 8.66. The van der Waals surface area contributed by atoms with Crippen LogP contribution in [0.4, 0.5) is 0 Å². The molecule has 1 fully saturated rings. The highest BCUT2D eigenvalue weighted by molar-refractivity contribution is 8.14. The van der Waals surface area contributed by atoms with Gasteiger partial charge in [0.1, 0.15) is 18.3 Å². The fourth-order valence-electron chi connectivity index (χ4n) is 5.04. The minimum Gasteiger partial charge on any atom is -0.464 e. The summed E-state index contributed by atoms with van der Waals surface area (Å²) in [5.41, 5.74) is 2.63. The normalized spacial score (nSPS) is 21.2. The number of carbonyl (C=O) groups is 1. The maximum atomic E-state index is 13.6. The van der Waals surface area contributed by atoms with E-state index in [1.54, 1.807) is 6.92 Å². The third kappa shape index (κ3) is 9.47. The number of rotatable bonds is 17. The molecule has 1 aliphatic heterocycles. The third-order valence-electron chi connectivity index (χ3n) is 7.40. The van der Waals surface area contributed by atoms with E-state index in [1.807, 2.05) is 91.0 Å². The van der Waals surface area contributed by atoms with Crippen LogP contribution in [0.2, 0.25) is 0 Å². The Labute approximate surface area is 266 Å². The highest BCUT2D eigenvalue weighted by Crippen LogP contribution is 2.42. The van der Waals surface area contributed by atoms with Crippen molar-refractivity contribution in [3.63, 3.8) is 0 Å². The van der Waals surface area contributed by atoms with Gasteiger partial charge in [0.15, 0.2) is 4.08 Å². The molecular formula is C34H42O8S2. The molecule has 0 aliphatic carbocycles. The molecule has 238 valence electrons. The van der Waals surface area contributed by atoms with Gasteiger partial charge < -0.3 is 29.2 Å². The van der Waals surface area contributed by atoms with Crippen molar-refractivity contribution in [3.8, 4) is 0 Å². The van der Waals surface area contributed by atoms with Gasteiger partial charge in [0.25, 0.3) is 0 Å². The van der Waals surface area contributed by atoms with Crippen LogP contribution in [0.15, 0.2) is 91.0 Å². The molecule has 6 atom stereocenters. The predicted molar refractivity (Wildman–Crippen MR) is 172 cm³/mol. The number of thioether (sulfide) groups is 1. The van der Waals surface area contributed by atoms with Gasteiger partial charge in [-0.05, 0) is 35.8 Å². The Balaban J connectivity index is 1.68. The van der Waals surface area contributed by atoms with E-state index in [1.165, 1.54) is 11.8 Å². The summed E-state index contributed by atoms with van der Waals surface area (Å²) in [5.74, 6) is 0.425. The van der Waals surface area contributed by atoms with E-state index in [4.69, 9.17) is 18.9 Å². The maximum Gasteiger partial charge on any atom is 0.335 e. The molecule has 3 aromatic carbocycles. The Morgan fingerprint density at radius 3 is 1.82 bits per heavy atom. The first kappa shape index (κ1) is 34.3. The molecule has 0 saturated carbocycles. The zero-order chi connectivity index (χ0) is 31.2. The van der Waals surface area contributed by atoms with E-state index in [9.17, 15) is 19.2 Å². The number of benzene rings is 3. The number of hydrogen-bond donors (Lipinski definition) is 2. The predicted octanol–water partition coefficient (Wildman–Crippen LogP) is 4.63. The summed E-state index contributed by atoms with van der Waals surface area (Å²) in [5, 5.41) is 22.2. The van der Waals surface area contributed by atoms with Crippen molar-refractivity contribution in [3.05, 3.63) is 108 Å². The number of carbonyl (C=O) groups excluding carboxylic acids is 1. The summed E-state index contributed by atoms with van der Waals surface area (Å²) in [4.78, 5) is 13.5. The first-order chi connectivity index (χ1) is 21.5. The van der Waals surface area contributed by atoms with Crippen molar-refractivity contribution in [2.75, 3.05) is 24.7 Å². The second-order valence-corrected chi connectivity index (χ2v) is 14.0. The maximum absolute atomic E-state index is 13.6. The quantitative estimate of drug-likeness (QED) is 0.204. The first-order valence-electron chi connectivity index (χ1n) is 14.9. The van der Waals surface area contributed by atoms with Crippen LogP contribution in [0, 0.1) is 0 Å². The number of esters is 1. The molecule has 4 rings (SSSR count). The van der Waals surface area contributed by atoms with Crippen LogP contribution in [-0.4, -0.2) is 73.6 Å². The minimum atomic E-state index is -1.56. The zero-order valence-corrected chi connectivity index (χ0v) is 26.6. The number of hydrogen-bond acceptors (Lipinski definition) is 9. The van der Waals surface area contributed by atoms with Crippen molar-refractivity contribution >= 4 is 28.5 Å². The topological polar surface area (TPSA) is 112 Å². The Bertz CT molecular complexity index is 1280. The zero-order valence-electron chi connectivity index (χ0n) is 25.0. The first-order valence-corrected chi connectivity index (χ1v) is 17.2. The molecule has 1 heterocycles. The molecule has 0 aromatic heterocycles. The second kappa shape index (κ2) is 17.8. The van der Waals surface area contributed by atoms with Crippen LogP contribution >= 0.6 is 11.8 Å². The smallest absolute Gasteiger partial charge is 0.335 e. The van der Waals surface area contributed by atoms with Crippen LogP contribution in [0.1, 0.15) is 36.5 Å². The van der Waals surface area contributed by atoms with Gasteiger partial charge in [-0.3, -0.25) is 4.21 Å². The van der Waals surface area contributed by atoms with Crippen LogP contribution in [0.25, 0.3) is 0 Å². The molecule has 0 amide bonds. The van der Waals surface area contributed by atoms with Crippen molar-refractivity contribution in [2.24, 2.45) is 0 Å². The molecule has 1 aliphatic rings. The highest BCUT2D eigenvalue weighted by atomic mass is 32.2. The molecule has 8 nitrogen and oxygen atoms in total. The van der Waals surface area contributed by atoms with Gasteiger partial charge in [0, 0.05) is 23.0 Å². The molecule has 2 N–H and O–H groups in total. The average molecular weight is 643 g/mol. The van der Waals surface area contributed by atoms with Gasteiger partial charge in [-0.2, -0.15) is 0 Å². The van der Waals surface area contributed by atoms with Gasteiger partial charge >= 0.3 is 5.97 Å². The lowest BCUT2D eigenvalue weighted by atomic mass is 9.98.